The molecular weight excluding hydrogens is 423 g/mol. The molecule has 1 heterocycles. The lowest BCUT2D eigenvalue weighted by Gasteiger charge is -2.20. The van der Waals surface area contributed by atoms with E-state index in [0.717, 1.165) is 22.9 Å². The zero-order valence-corrected chi connectivity index (χ0v) is 18.2. The van der Waals surface area contributed by atoms with Crippen LogP contribution < -0.4 is 0 Å². The van der Waals surface area contributed by atoms with Gasteiger partial charge in [0.2, 0.25) is 0 Å². The molecule has 0 radical (unpaired) electrons. The minimum Gasteiger partial charge on any atom is -0.461 e. The van der Waals surface area contributed by atoms with Crippen molar-refractivity contribution in [2.45, 2.75) is 43.7 Å². The molecule has 0 spiro atoms. The molecule has 3 rings (SSSR count). The van der Waals surface area contributed by atoms with Crippen molar-refractivity contribution in [3.05, 3.63) is 70.8 Å². The van der Waals surface area contributed by atoms with Crippen molar-refractivity contribution in [2.24, 2.45) is 0 Å². The maximum atomic E-state index is 15.0. The minimum atomic E-state index is -1.76. The maximum Gasteiger partial charge on any atom is 0.338 e. The molecule has 1 unspecified atom stereocenters. The van der Waals surface area contributed by atoms with Gasteiger partial charge in [0.1, 0.15) is 6.61 Å². The standard InChI is InChI=1S/C23H23FO6S/c1-13-4-8-16(9-5-13)21(26)28-12-18-20(19(24)23(31-18)29-15(3)25)30-22(27)17-10-6-14(2)7-11-17/h4-11,18-20,23H,12H2,1-3H3/t18-,19-,20+,23?/m0/s1. The number of carbonyl (C=O) groups excluding carboxylic acids is 3. The van der Waals surface area contributed by atoms with Gasteiger partial charge in [-0.25, -0.2) is 14.0 Å². The first kappa shape index (κ1) is 22.8. The van der Waals surface area contributed by atoms with Crippen molar-refractivity contribution in [2.75, 3.05) is 6.61 Å². The van der Waals surface area contributed by atoms with Crippen LogP contribution in [0.2, 0.25) is 0 Å². The van der Waals surface area contributed by atoms with Crippen molar-refractivity contribution in [1.29, 1.82) is 0 Å². The van der Waals surface area contributed by atoms with E-state index >= 15 is 0 Å². The predicted octanol–water partition coefficient (Wildman–Crippen LogP) is 4.03. The molecular formula is C23H23FO6S. The lowest BCUT2D eigenvalue weighted by Crippen LogP contribution is -2.37. The second kappa shape index (κ2) is 9.96. The van der Waals surface area contributed by atoms with E-state index in [1.807, 2.05) is 13.8 Å². The number of hydrogen-bond donors (Lipinski definition) is 0. The average molecular weight is 446 g/mol. The second-order valence-corrected chi connectivity index (χ2v) is 8.64. The molecule has 6 nitrogen and oxygen atoms in total. The summed E-state index contributed by atoms with van der Waals surface area (Å²) < 4.78 is 30.7. The van der Waals surface area contributed by atoms with Crippen molar-refractivity contribution in [1.82, 2.24) is 0 Å². The lowest BCUT2D eigenvalue weighted by atomic mass is 10.1. The fraction of sp³-hybridized carbons (Fsp3) is 0.348. The molecule has 1 saturated heterocycles. The lowest BCUT2D eigenvalue weighted by molar-refractivity contribution is -0.145. The molecule has 4 atom stereocenters. The van der Waals surface area contributed by atoms with Gasteiger partial charge in [-0.05, 0) is 38.1 Å². The Morgan fingerprint density at radius 2 is 1.39 bits per heavy atom. The molecule has 2 aromatic carbocycles. The highest BCUT2D eigenvalue weighted by molar-refractivity contribution is 8.00. The summed E-state index contributed by atoms with van der Waals surface area (Å²) in [5.74, 6) is -1.93. The summed E-state index contributed by atoms with van der Waals surface area (Å²) in [6.45, 7) is 4.74. The highest BCUT2D eigenvalue weighted by Gasteiger charge is 2.49. The number of esters is 3. The molecule has 0 aliphatic carbocycles. The van der Waals surface area contributed by atoms with E-state index in [9.17, 15) is 18.8 Å². The maximum absolute atomic E-state index is 15.0. The largest absolute Gasteiger partial charge is 0.461 e. The SMILES string of the molecule is CC(=O)OC1S[C@@H](COC(=O)c2ccc(C)cc2)[C@@H](OC(=O)c2ccc(C)cc2)[C@@H]1F. The van der Waals surface area contributed by atoms with Gasteiger partial charge in [-0.2, -0.15) is 0 Å². The predicted molar refractivity (Wildman–Crippen MR) is 114 cm³/mol. The van der Waals surface area contributed by atoms with Gasteiger partial charge in [-0.1, -0.05) is 35.4 Å². The van der Waals surface area contributed by atoms with Gasteiger partial charge in [-0.15, -0.1) is 11.8 Å². The molecule has 1 aliphatic heterocycles. The van der Waals surface area contributed by atoms with Crippen LogP contribution in [0.4, 0.5) is 4.39 Å². The first-order valence-electron chi connectivity index (χ1n) is 9.73. The number of benzene rings is 2. The Balaban J connectivity index is 1.70. The fourth-order valence-corrected chi connectivity index (χ4v) is 4.38. The Labute approximate surface area is 184 Å². The van der Waals surface area contributed by atoms with E-state index in [4.69, 9.17) is 14.2 Å². The Morgan fingerprint density at radius 1 is 0.871 bits per heavy atom. The van der Waals surface area contributed by atoms with Crippen molar-refractivity contribution in [3.8, 4) is 0 Å². The summed E-state index contributed by atoms with van der Waals surface area (Å²) in [7, 11) is 0. The molecule has 164 valence electrons. The van der Waals surface area contributed by atoms with Crippen LogP contribution in [0.5, 0.6) is 0 Å². The fourth-order valence-electron chi connectivity index (χ4n) is 3.03. The van der Waals surface area contributed by atoms with Crippen molar-refractivity contribution in [3.63, 3.8) is 0 Å². The van der Waals surface area contributed by atoms with Gasteiger partial charge in [0.05, 0.1) is 16.4 Å². The number of halogens is 1. The molecule has 0 saturated carbocycles. The molecule has 1 aliphatic rings. The summed E-state index contributed by atoms with van der Waals surface area (Å²) in [6.07, 6.45) is -3.00. The zero-order valence-electron chi connectivity index (χ0n) is 17.4. The summed E-state index contributed by atoms with van der Waals surface area (Å²) in [4.78, 5) is 36.1. The normalized spacial score (nSPS) is 22.6. The Kier molecular flexibility index (Phi) is 7.33. The van der Waals surface area contributed by atoms with Gasteiger partial charge >= 0.3 is 17.9 Å². The van der Waals surface area contributed by atoms with Crippen LogP contribution in [0.15, 0.2) is 48.5 Å². The topological polar surface area (TPSA) is 78.9 Å². The number of alkyl halides is 1. The van der Waals surface area contributed by atoms with Crippen LogP contribution in [0.3, 0.4) is 0 Å². The highest BCUT2D eigenvalue weighted by atomic mass is 32.2. The van der Waals surface area contributed by atoms with E-state index in [1.54, 1.807) is 48.5 Å². The van der Waals surface area contributed by atoms with Crippen LogP contribution in [0, 0.1) is 13.8 Å². The molecule has 0 bridgehead atoms. The summed E-state index contributed by atoms with van der Waals surface area (Å²) in [6, 6.07) is 13.5. The molecule has 31 heavy (non-hydrogen) atoms. The molecule has 0 N–H and O–H groups in total. The quantitative estimate of drug-likeness (QED) is 0.490. The molecule has 2 aromatic rings. The first-order valence-corrected chi connectivity index (χ1v) is 10.7. The molecule has 1 fully saturated rings. The monoisotopic (exact) mass is 446 g/mol. The number of rotatable bonds is 6. The van der Waals surface area contributed by atoms with E-state index in [0.29, 0.717) is 5.56 Å². The summed E-state index contributed by atoms with van der Waals surface area (Å²) in [5, 5.41) is -0.733. The van der Waals surface area contributed by atoms with Crippen LogP contribution in [-0.2, 0) is 19.0 Å². The molecule has 8 heteroatoms. The second-order valence-electron chi connectivity index (χ2n) is 7.30. The van der Waals surface area contributed by atoms with E-state index in [2.05, 4.69) is 0 Å². The average Bonchev–Trinajstić information content (AvgIpc) is 3.01. The van der Waals surface area contributed by atoms with Gasteiger partial charge in [0.15, 0.2) is 17.7 Å². The number of ether oxygens (including phenoxy) is 3. The third-order valence-electron chi connectivity index (χ3n) is 4.73. The van der Waals surface area contributed by atoms with E-state index in [1.165, 1.54) is 6.92 Å². The van der Waals surface area contributed by atoms with Crippen LogP contribution in [0.1, 0.15) is 38.8 Å². The van der Waals surface area contributed by atoms with Gasteiger partial charge in [0, 0.05) is 6.92 Å². The summed E-state index contributed by atoms with van der Waals surface area (Å²) in [5.41, 5.74) is 1.43. The Hall–Kier alpha value is -2.87. The van der Waals surface area contributed by atoms with Crippen molar-refractivity contribution >= 4 is 29.7 Å². The van der Waals surface area contributed by atoms with E-state index in [-0.39, 0.29) is 12.2 Å². The number of thioether (sulfide) groups is 1. The number of aryl methyl sites for hydroxylation is 2. The first-order chi connectivity index (χ1) is 14.7. The minimum absolute atomic E-state index is 0.207. The smallest absolute Gasteiger partial charge is 0.338 e. The van der Waals surface area contributed by atoms with Gasteiger partial charge in [-0.3, -0.25) is 4.79 Å². The zero-order chi connectivity index (χ0) is 22.5. The molecule has 0 amide bonds. The Bertz CT molecular complexity index is 944. The van der Waals surface area contributed by atoms with Crippen LogP contribution in [-0.4, -0.2) is 47.5 Å². The van der Waals surface area contributed by atoms with Gasteiger partial charge < -0.3 is 14.2 Å². The highest BCUT2D eigenvalue weighted by Crippen LogP contribution is 2.39. The van der Waals surface area contributed by atoms with Crippen LogP contribution in [0.25, 0.3) is 0 Å². The third kappa shape index (κ3) is 5.85. The van der Waals surface area contributed by atoms with Crippen molar-refractivity contribution < 1.29 is 33.0 Å². The third-order valence-corrected chi connectivity index (χ3v) is 6.11. The number of carbonyl (C=O) groups is 3. The van der Waals surface area contributed by atoms with E-state index < -0.39 is 40.9 Å². The number of hydrogen-bond acceptors (Lipinski definition) is 7. The molecule has 0 aromatic heterocycles. The van der Waals surface area contributed by atoms with Crippen LogP contribution >= 0.6 is 11.8 Å². The Morgan fingerprint density at radius 3 is 1.90 bits per heavy atom. The van der Waals surface area contributed by atoms with Gasteiger partial charge in [0.25, 0.3) is 0 Å². The summed E-state index contributed by atoms with van der Waals surface area (Å²) >= 11 is 0.962.